The van der Waals surface area contributed by atoms with E-state index in [1.165, 1.54) is 25.7 Å². The van der Waals surface area contributed by atoms with Crippen LogP contribution in [0.25, 0.3) is 0 Å². The minimum atomic E-state index is 0.611. The molecule has 0 spiro atoms. The van der Waals surface area contributed by atoms with Crippen molar-refractivity contribution >= 4 is 0 Å². The molecule has 2 aliphatic rings. The molecule has 15 heavy (non-hydrogen) atoms. The van der Waals surface area contributed by atoms with Gasteiger partial charge in [0.1, 0.15) is 0 Å². The molecule has 88 valence electrons. The smallest absolute Gasteiger partial charge is 0.0619 e. The van der Waals surface area contributed by atoms with Crippen molar-refractivity contribution in [3.05, 3.63) is 0 Å². The van der Waals surface area contributed by atoms with Gasteiger partial charge in [-0.3, -0.25) is 4.90 Å². The molecule has 3 atom stereocenters. The molecule has 3 unspecified atom stereocenters. The summed E-state index contributed by atoms with van der Waals surface area (Å²) in [4.78, 5) is 2.66. The molecule has 2 rings (SSSR count). The Balaban J connectivity index is 1.90. The molecule has 0 radical (unpaired) electrons. The standard InChI is InChI=1S/C12H24N2O/c1-10-9-15-7-6-14(10)12-5-3-4-11(8-12)13-2/h10-13H,3-9H2,1-2H3. The molecule has 0 bridgehead atoms. The summed E-state index contributed by atoms with van der Waals surface area (Å²) in [6, 6.07) is 2.13. The van der Waals surface area contributed by atoms with Crippen LogP contribution in [0.2, 0.25) is 0 Å². The fourth-order valence-electron chi connectivity index (χ4n) is 3.01. The number of hydrogen-bond donors (Lipinski definition) is 1. The summed E-state index contributed by atoms with van der Waals surface area (Å²) in [5.41, 5.74) is 0. The molecule has 1 aliphatic heterocycles. The normalized spacial score (nSPS) is 39.2. The van der Waals surface area contributed by atoms with Gasteiger partial charge in [0, 0.05) is 24.7 Å². The van der Waals surface area contributed by atoms with Gasteiger partial charge in [0.25, 0.3) is 0 Å². The van der Waals surface area contributed by atoms with E-state index in [0.717, 1.165) is 31.8 Å². The molecule has 0 aromatic carbocycles. The Labute approximate surface area is 93.2 Å². The van der Waals surface area contributed by atoms with Gasteiger partial charge in [-0.1, -0.05) is 6.42 Å². The molecule has 1 saturated carbocycles. The van der Waals surface area contributed by atoms with Gasteiger partial charge in [-0.15, -0.1) is 0 Å². The Morgan fingerprint density at radius 2 is 2.20 bits per heavy atom. The molecule has 3 nitrogen and oxygen atoms in total. The first-order valence-electron chi connectivity index (χ1n) is 6.32. The third-order valence-corrected chi connectivity index (χ3v) is 3.94. The van der Waals surface area contributed by atoms with Gasteiger partial charge in [0.05, 0.1) is 13.2 Å². The number of nitrogens with one attached hydrogen (secondary N) is 1. The monoisotopic (exact) mass is 212 g/mol. The highest BCUT2D eigenvalue weighted by Gasteiger charge is 2.30. The number of rotatable bonds is 2. The van der Waals surface area contributed by atoms with Crippen LogP contribution in [0, 0.1) is 0 Å². The molecular weight excluding hydrogens is 188 g/mol. The largest absolute Gasteiger partial charge is 0.379 e. The maximum atomic E-state index is 5.50. The van der Waals surface area contributed by atoms with E-state index in [0.29, 0.717) is 6.04 Å². The number of hydrogen-bond acceptors (Lipinski definition) is 3. The van der Waals surface area contributed by atoms with Crippen LogP contribution in [0.15, 0.2) is 0 Å². The zero-order valence-electron chi connectivity index (χ0n) is 10.0. The number of ether oxygens (including phenoxy) is 1. The van der Waals surface area contributed by atoms with Crippen molar-refractivity contribution in [2.45, 2.75) is 50.7 Å². The van der Waals surface area contributed by atoms with Crippen molar-refractivity contribution in [3.8, 4) is 0 Å². The van der Waals surface area contributed by atoms with Gasteiger partial charge in [-0.05, 0) is 33.2 Å². The van der Waals surface area contributed by atoms with E-state index < -0.39 is 0 Å². The summed E-state index contributed by atoms with van der Waals surface area (Å²) >= 11 is 0. The van der Waals surface area contributed by atoms with E-state index in [1.807, 2.05) is 0 Å². The summed E-state index contributed by atoms with van der Waals surface area (Å²) in [7, 11) is 2.09. The molecule has 2 fully saturated rings. The topological polar surface area (TPSA) is 24.5 Å². The average molecular weight is 212 g/mol. The van der Waals surface area contributed by atoms with Crippen LogP contribution in [0.1, 0.15) is 32.6 Å². The van der Waals surface area contributed by atoms with E-state index in [1.54, 1.807) is 0 Å². The zero-order chi connectivity index (χ0) is 10.7. The highest BCUT2D eigenvalue weighted by atomic mass is 16.5. The zero-order valence-corrected chi connectivity index (χ0v) is 10.0. The summed E-state index contributed by atoms with van der Waals surface area (Å²) in [6.45, 7) is 5.26. The van der Waals surface area contributed by atoms with Crippen molar-refractivity contribution in [1.29, 1.82) is 0 Å². The summed E-state index contributed by atoms with van der Waals surface area (Å²) in [6.07, 6.45) is 5.43. The lowest BCUT2D eigenvalue weighted by Gasteiger charge is -2.43. The first-order valence-corrected chi connectivity index (χ1v) is 6.32. The van der Waals surface area contributed by atoms with Gasteiger partial charge < -0.3 is 10.1 Å². The summed E-state index contributed by atoms with van der Waals surface area (Å²) in [5, 5.41) is 3.43. The van der Waals surface area contributed by atoms with Crippen molar-refractivity contribution in [3.63, 3.8) is 0 Å². The van der Waals surface area contributed by atoms with Crippen molar-refractivity contribution in [1.82, 2.24) is 10.2 Å². The van der Waals surface area contributed by atoms with Crippen LogP contribution in [0.4, 0.5) is 0 Å². The predicted octanol–water partition coefficient (Wildman–Crippen LogP) is 1.24. The molecule has 1 aliphatic carbocycles. The molecule has 0 aromatic rings. The van der Waals surface area contributed by atoms with E-state index in [4.69, 9.17) is 4.74 Å². The highest BCUT2D eigenvalue weighted by Crippen LogP contribution is 2.25. The van der Waals surface area contributed by atoms with Gasteiger partial charge in [-0.2, -0.15) is 0 Å². The van der Waals surface area contributed by atoms with Gasteiger partial charge in [-0.25, -0.2) is 0 Å². The molecule has 0 amide bonds. The van der Waals surface area contributed by atoms with Crippen LogP contribution in [0.5, 0.6) is 0 Å². The quantitative estimate of drug-likeness (QED) is 0.745. The molecule has 1 saturated heterocycles. The van der Waals surface area contributed by atoms with Gasteiger partial charge in [0.15, 0.2) is 0 Å². The molecule has 0 aromatic heterocycles. The summed E-state index contributed by atoms with van der Waals surface area (Å²) in [5.74, 6) is 0. The molecule has 1 N–H and O–H groups in total. The second-order valence-corrected chi connectivity index (χ2v) is 4.97. The molecular formula is C12H24N2O. The Morgan fingerprint density at radius 1 is 1.33 bits per heavy atom. The SMILES string of the molecule is CNC1CCCC(N2CCOCC2C)C1. The van der Waals surface area contributed by atoms with Gasteiger partial charge in [0.2, 0.25) is 0 Å². The maximum absolute atomic E-state index is 5.50. The van der Waals surface area contributed by atoms with Crippen molar-refractivity contribution < 1.29 is 4.74 Å². The third kappa shape index (κ3) is 2.71. The Kier molecular flexibility index (Phi) is 4.00. The first-order chi connectivity index (χ1) is 7.31. The minimum absolute atomic E-state index is 0.611. The minimum Gasteiger partial charge on any atom is -0.379 e. The van der Waals surface area contributed by atoms with Gasteiger partial charge >= 0.3 is 0 Å². The van der Waals surface area contributed by atoms with E-state index in [9.17, 15) is 0 Å². The van der Waals surface area contributed by atoms with Crippen LogP contribution in [-0.4, -0.2) is 49.8 Å². The van der Waals surface area contributed by atoms with E-state index in [2.05, 4.69) is 24.2 Å². The third-order valence-electron chi connectivity index (χ3n) is 3.94. The lowest BCUT2D eigenvalue weighted by molar-refractivity contribution is -0.0314. The second kappa shape index (κ2) is 5.28. The van der Waals surface area contributed by atoms with Crippen LogP contribution in [0.3, 0.4) is 0 Å². The average Bonchev–Trinajstić information content (AvgIpc) is 2.30. The highest BCUT2D eigenvalue weighted by molar-refractivity contribution is 4.86. The lowest BCUT2D eigenvalue weighted by atomic mass is 9.89. The van der Waals surface area contributed by atoms with E-state index in [-0.39, 0.29) is 0 Å². The molecule has 1 heterocycles. The maximum Gasteiger partial charge on any atom is 0.0619 e. The van der Waals surface area contributed by atoms with Crippen LogP contribution >= 0.6 is 0 Å². The fourth-order valence-corrected chi connectivity index (χ4v) is 3.01. The van der Waals surface area contributed by atoms with E-state index >= 15 is 0 Å². The Hall–Kier alpha value is -0.120. The second-order valence-electron chi connectivity index (χ2n) is 4.97. The van der Waals surface area contributed by atoms with Crippen LogP contribution < -0.4 is 5.32 Å². The first kappa shape index (κ1) is 11.4. The Morgan fingerprint density at radius 3 is 2.93 bits per heavy atom. The predicted molar refractivity (Wildman–Crippen MR) is 62.1 cm³/mol. The Bertz CT molecular complexity index is 198. The fraction of sp³-hybridized carbons (Fsp3) is 1.00. The number of morpholine rings is 1. The van der Waals surface area contributed by atoms with Crippen molar-refractivity contribution in [2.75, 3.05) is 26.8 Å². The molecule has 3 heteroatoms. The summed E-state index contributed by atoms with van der Waals surface area (Å²) < 4.78 is 5.50. The van der Waals surface area contributed by atoms with Crippen molar-refractivity contribution in [2.24, 2.45) is 0 Å². The lowest BCUT2D eigenvalue weighted by Crippen LogP contribution is -2.52. The number of nitrogens with zero attached hydrogens (tertiary/aromatic N) is 1. The van der Waals surface area contributed by atoms with Crippen LogP contribution in [-0.2, 0) is 4.74 Å².